The molecule has 2 rings (SSSR count). The zero-order valence-corrected chi connectivity index (χ0v) is 11.1. The standard InChI is InChI=1S/C13H16FN5O/c1-15-12-10(4-2-5-11(12)14)13(20)16-6-3-8-19-9-7-17-18-19/h2,4-5,7,9,15H,3,6,8H2,1H3,(H,16,20). The molecule has 1 heterocycles. The van der Waals surface area contributed by atoms with Crippen molar-refractivity contribution < 1.29 is 9.18 Å². The summed E-state index contributed by atoms with van der Waals surface area (Å²) in [4.78, 5) is 12.0. The number of aryl methyl sites for hydroxylation is 1. The van der Waals surface area contributed by atoms with E-state index in [4.69, 9.17) is 0 Å². The molecule has 0 atom stereocenters. The number of nitrogens with one attached hydrogen (secondary N) is 2. The number of hydrogen-bond donors (Lipinski definition) is 2. The van der Waals surface area contributed by atoms with E-state index >= 15 is 0 Å². The van der Waals surface area contributed by atoms with E-state index in [9.17, 15) is 9.18 Å². The van der Waals surface area contributed by atoms with E-state index in [1.54, 1.807) is 30.2 Å². The van der Waals surface area contributed by atoms with E-state index in [-0.39, 0.29) is 11.6 Å². The van der Waals surface area contributed by atoms with Crippen molar-refractivity contribution in [3.05, 3.63) is 42.0 Å². The number of para-hydroxylation sites is 1. The highest BCUT2D eigenvalue weighted by molar-refractivity contribution is 5.99. The van der Waals surface area contributed by atoms with Crippen LogP contribution in [0.1, 0.15) is 16.8 Å². The van der Waals surface area contributed by atoms with E-state index in [0.717, 1.165) is 6.42 Å². The minimum absolute atomic E-state index is 0.210. The first-order valence-corrected chi connectivity index (χ1v) is 6.31. The second kappa shape index (κ2) is 6.65. The number of carbonyl (C=O) groups excluding carboxylic acids is 1. The summed E-state index contributed by atoms with van der Waals surface area (Å²) in [5, 5.41) is 13.0. The molecule has 106 valence electrons. The van der Waals surface area contributed by atoms with E-state index in [0.29, 0.717) is 18.7 Å². The second-order valence-electron chi connectivity index (χ2n) is 4.19. The summed E-state index contributed by atoms with van der Waals surface area (Å²) in [5.41, 5.74) is 0.509. The lowest BCUT2D eigenvalue weighted by Crippen LogP contribution is -2.26. The molecule has 0 spiro atoms. The molecular weight excluding hydrogens is 261 g/mol. The number of halogens is 1. The Balaban J connectivity index is 1.87. The van der Waals surface area contributed by atoms with Gasteiger partial charge >= 0.3 is 0 Å². The van der Waals surface area contributed by atoms with Gasteiger partial charge in [-0.15, -0.1) is 5.10 Å². The average molecular weight is 277 g/mol. The fourth-order valence-corrected chi connectivity index (χ4v) is 1.86. The summed E-state index contributed by atoms with van der Waals surface area (Å²) >= 11 is 0. The van der Waals surface area contributed by atoms with Crippen LogP contribution in [0, 0.1) is 5.82 Å². The van der Waals surface area contributed by atoms with E-state index in [2.05, 4.69) is 20.9 Å². The first-order valence-electron chi connectivity index (χ1n) is 6.31. The maximum Gasteiger partial charge on any atom is 0.253 e. The van der Waals surface area contributed by atoms with Crippen LogP contribution in [0.3, 0.4) is 0 Å². The first kappa shape index (κ1) is 14.0. The van der Waals surface area contributed by atoms with Crippen LogP contribution >= 0.6 is 0 Å². The molecule has 0 unspecified atom stereocenters. The Morgan fingerprint density at radius 1 is 1.45 bits per heavy atom. The van der Waals surface area contributed by atoms with Gasteiger partial charge in [-0.25, -0.2) is 4.39 Å². The Morgan fingerprint density at radius 3 is 3.00 bits per heavy atom. The van der Waals surface area contributed by atoms with Crippen molar-refractivity contribution in [3.63, 3.8) is 0 Å². The Morgan fingerprint density at radius 2 is 2.30 bits per heavy atom. The molecule has 1 aromatic carbocycles. The molecule has 1 aromatic heterocycles. The Bertz CT molecular complexity index is 570. The SMILES string of the molecule is CNc1c(F)cccc1C(=O)NCCCn1ccnn1. The molecule has 0 saturated heterocycles. The molecule has 0 aliphatic heterocycles. The van der Waals surface area contributed by atoms with Crippen molar-refractivity contribution in [1.82, 2.24) is 20.3 Å². The van der Waals surface area contributed by atoms with Crippen molar-refractivity contribution in [3.8, 4) is 0 Å². The van der Waals surface area contributed by atoms with Gasteiger partial charge in [0.2, 0.25) is 0 Å². The highest BCUT2D eigenvalue weighted by Gasteiger charge is 2.13. The third-order valence-corrected chi connectivity index (χ3v) is 2.83. The molecule has 6 nitrogen and oxygen atoms in total. The van der Waals surface area contributed by atoms with Gasteiger partial charge in [-0.1, -0.05) is 11.3 Å². The maximum absolute atomic E-state index is 13.5. The molecule has 0 bridgehead atoms. The third-order valence-electron chi connectivity index (χ3n) is 2.83. The lowest BCUT2D eigenvalue weighted by Gasteiger charge is -2.10. The number of nitrogens with zero attached hydrogens (tertiary/aromatic N) is 3. The molecule has 1 amide bonds. The van der Waals surface area contributed by atoms with E-state index in [1.165, 1.54) is 12.1 Å². The third kappa shape index (κ3) is 3.31. The molecule has 2 aromatic rings. The maximum atomic E-state index is 13.5. The minimum atomic E-state index is -0.442. The summed E-state index contributed by atoms with van der Waals surface area (Å²) < 4.78 is 15.2. The fourth-order valence-electron chi connectivity index (χ4n) is 1.86. The van der Waals surface area contributed by atoms with Gasteiger partial charge in [0.1, 0.15) is 5.82 Å². The fraction of sp³-hybridized carbons (Fsp3) is 0.308. The normalized spacial score (nSPS) is 10.3. The largest absolute Gasteiger partial charge is 0.385 e. The topological polar surface area (TPSA) is 71.8 Å². The predicted octanol–water partition coefficient (Wildman–Crippen LogP) is 1.28. The zero-order valence-electron chi connectivity index (χ0n) is 11.1. The van der Waals surface area contributed by atoms with Gasteiger partial charge in [-0.3, -0.25) is 9.48 Å². The van der Waals surface area contributed by atoms with Crippen molar-refractivity contribution in [1.29, 1.82) is 0 Å². The molecule has 0 saturated carbocycles. The average Bonchev–Trinajstić information content (AvgIpc) is 2.96. The molecule has 20 heavy (non-hydrogen) atoms. The van der Waals surface area contributed by atoms with Crippen LogP contribution in [-0.2, 0) is 6.54 Å². The quantitative estimate of drug-likeness (QED) is 0.780. The van der Waals surface area contributed by atoms with Crippen LogP contribution in [-0.4, -0.2) is 34.5 Å². The van der Waals surface area contributed by atoms with Crippen molar-refractivity contribution in [2.24, 2.45) is 0 Å². The van der Waals surface area contributed by atoms with Crippen LogP contribution in [0.2, 0.25) is 0 Å². The van der Waals surface area contributed by atoms with Gasteiger partial charge in [0, 0.05) is 26.3 Å². The highest BCUT2D eigenvalue weighted by atomic mass is 19.1. The van der Waals surface area contributed by atoms with Crippen molar-refractivity contribution >= 4 is 11.6 Å². The van der Waals surface area contributed by atoms with Gasteiger partial charge in [-0.2, -0.15) is 0 Å². The Hall–Kier alpha value is -2.44. The zero-order chi connectivity index (χ0) is 14.4. The van der Waals surface area contributed by atoms with Crippen LogP contribution in [0.15, 0.2) is 30.6 Å². The number of aromatic nitrogens is 3. The molecule has 0 fully saturated rings. The van der Waals surface area contributed by atoms with Crippen molar-refractivity contribution in [2.45, 2.75) is 13.0 Å². The number of anilines is 1. The number of benzene rings is 1. The lowest BCUT2D eigenvalue weighted by molar-refractivity contribution is 0.0953. The van der Waals surface area contributed by atoms with Crippen LogP contribution in [0.25, 0.3) is 0 Å². The summed E-state index contributed by atoms with van der Waals surface area (Å²) in [6, 6.07) is 4.41. The molecule has 7 heteroatoms. The van der Waals surface area contributed by atoms with Gasteiger partial charge in [0.25, 0.3) is 5.91 Å². The van der Waals surface area contributed by atoms with Gasteiger partial charge in [0.05, 0.1) is 17.4 Å². The molecule has 2 N–H and O–H groups in total. The molecule has 0 aliphatic rings. The smallest absolute Gasteiger partial charge is 0.253 e. The summed E-state index contributed by atoms with van der Waals surface area (Å²) in [6.07, 6.45) is 4.08. The monoisotopic (exact) mass is 277 g/mol. The molecule has 0 aliphatic carbocycles. The van der Waals surface area contributed by atoms with Gasteiger partial charge in [-0.05, 0) is 18.6 Å². The van der Waals surface area contributed by atoms with E-state index < -0.39 is 5.82 Å². The van der Waals surface area contributed by atoms with E-state index in [1.807, 2.05) is 0 Å². The van der Waals surface area contributed by atoms with Gasteiger partial charge < -0.3 is 10.6 Å². The Labute approximate surface area is 116 Å². The highest BCUT2D eigenvalue weighted by Crippen LogP contribution is 2.18. The second-order valence-corrected chi connectivity index (χ2v) is 4.19. The summed E-state index contributed by atoms with van der Waals surface area (Å²) in [7, 11) is 1.58. The summed E-state index contributed by atoms with van der Waals surface area (Å²) in [5.74, 6) is -0.741. The summed E-state index contributed by atoms with van der Waals surface area (Å²) in [6.45, 7) is 1.15. The predicted molar refractivity (Wildman–Crippen MR) is 72.9 cm³/mol. The Kier molecular flexibility index (Phi) is 4.65. The van der Waals surface area contributed by atoms with Gasteiger partial charge in [0.15, 0.2) is 0 Å². The number of carbonyl (C=O) groups is 1. The molecule has 0 radical (unpaired) electrons. The first-order chi connectivity index (χ1) is 9.72. The number of rotatable bonds is 6. The minimum Gasteiger partial charge on any atom is -0.385 e. The number of hydrogen-bond acceptors (Lipinski definition) is 4. The lowest BCUT2D eigenvalue weighted by atomic mass is 10.1. The molecular formula is C13H16FN5O. The number of amides is 1. The van der Waals surface area contributed by atoms with Crippen LogP contribution in [0.4, 0.5) is 10.1 Å². The van der Waals surface area contributed by atoms with Crippen LogP contribution in [0.5, 0.6) is 0 Å². The van der Waals surface area contributed by atoms with Crippen molar-refractivity contribution in [2.75, 3.05) is 18.9 Å². The van der Waals surface area contributed by atoms with Crippen LogP contribution < -0.4 is 10.6 Å².